The third-order valence-corrected chi connectivity index (χ3v) is 3.68. The molecule has 140 valence electrons. The predicted molar refractivity (Wildman–Crippen MR) is 94.8 cm³/mol. The van der Waals surface area contributed by atoms with Gasteiger partial charge in [-0.1, -0.05) is 19.9 Å². The summed E-state index contributed by atoms with van der Waals surface area (Å²) in [6.07, 6.45) is 1.84. The van der Waals surface area contributed by atoms with Crippen molar-refractivity contribution >= 4 is 5.91 Å². The lowest BCUT2D eigenvalue weighted by Gasteiger charge is -2.26. The lowest BCUT2D eigenvalue weighted by atomic mass is 10.2. The van der Waals surface area contributed by atoms with Crippen molar-refractivity contribution in [1.29, 1.82) is 0 Å². The van der Waals surface area contributed by atoms with E-state index >= 15 is 0 Å². The molecule has 0 bridgehead atoms. The number of amides is 1. The van der Waals surface area contributed by atoms with Crippen molar-refractivity contribution < 1.29 is 18.3 Å². The van der Waals surface area contributed by atoms with Gasteiger partial charge in [-0.2, -0.15) is 0 Å². The van der Waals surface area contributed by atoms with E-state index < -0.39 is 11.6 Å². The highest BCUT2D eigenvalue weighted by Gasteiger charge is 2.12. The number of ether oxygens (including phenoxy) is 1. The van der Waals surface area contributed by atoms with Crippen LogP contribution < -0.4 is 5.32 Å². The lowest BCUT2D eigenvalue weighted by Crippen LogP contribution is -2.32. The molecule has 1 atom stereocenters. The van der Waals surface area contributed by atoms with Crippen LogP contribution in [0.4, 0.5) is 8.78 Å². The number of hydrogen-bond donors (Lipinski definition) is 1. The van der Waals surface area contributed by atoms with Gasteiger partial charge >= 0.3 is 0 Å². The highest BCUT2D eigenvalue weighted by molar-refractivity contribution is 5.92. The molecule has 0 aromatic heterocycles. The van der Waals surface area contributed by atoms with E-state index in [9.17, 15) is 13.6 Å². The molecule has 1 aromatic rings. The molecule has 0 radical (unpaired) electrons. The summed E-state index contributed by atoms with van der Waals surface area (Å²) in [5.74, 6) is -1.16. The summed E-state index contributed by atoms with van der Waals surface area (Å²) in [6, 6.07) is 3.31. The Labute approximate surface area is 148 Å². The number of carbonyl (C=O) groups excluding carboxylic acids is 1. The first-order chi connectivity index (χ1) is 11.7. The molecule has 0 aliphatic heterocycles. The second-order valence-electron chi connectivity index (χ2n) is 6.62. The van der Waals surface area contributed by atoms with E-state index in [4.69, 9.17) is 4.74 Å². The summed E-state index contributed by atoms with van der Waals surface area (Å²) < 4.78 is 31.8. The molecule has 1 unspecified atom stereocenters. The van der Waals surface area contributed by atoms with Crippen LogP contribution in [0, 0.1) is 17.6 Å². The van der Waals surface area contributed by atoms with Gasteiger partial charge in [-0.05, 0) is 25.8 Å². The monoisotopic (exact) mass is 354 g/mol. The van der Waals surface area contributed by atoms with Gasteiger partial charge in [-0.25, -0.2) is 8.78 Å². The van der Waals surface area contributed by atoms with Crippen LogP contribution in [0.1, 0.15) is 33.3 Å². The molecule has 1 aromatic carbocycles. The van der Waals surface area contributed by atoms with E-state index in [-0.39, 0.29) is 24.1 Å². The summed E-state index contributed by atoms with van der Waals surface area (Å²) in [5.41, 5.74) is 0.765. The molecule has 1 N–H and O–H groups in total. The van der Waals surface area contributed by atoms with Gasteiger partial charge in [0.25, 0.3) is 0 Å². The number of methoxy groups -OCH3 is 1. The Morgan fingerprint density at radius 1 is 1.28 bits per heavy atom. The van der Waals surface area contributed by atoms with Crippen LogP contribution in [0.5, 0.6) is 0 Å². The molecule has 0 aliphatic carbocycles. The zero-order valence-electron chi connectivity index (χ0n) is 15.6. The molecule has 0 fully saturated rings. The third-order valence-electron chi connectivity index (χ3n) is 3.68. The quantitative estimate of drug-likeness (QED) is 0.691. The summed E-state index contributed by atoms with van der Waals surface area (Å²) in [7, 11) is 1.65. The molecular weight excluding hydrogens is 326 g/mol. The number of nitrogens with zero attached hydrogens (tertiary/aromatic N) is 1. The topological polar surface area (TPSA) is 41.6 Å². The maximum absolute atomic E-state index is 13.6. The summed E-state index contributed by atoms with van der Waals surface area (Å²) in [4.78, 5) is 14.3. The van der Waals surface area contributed by atoms with Gasteiger partial charge in [0.15, 0.2) is 0 Å². The summed E-state index contributed by atoms with van der Waals surface area (Å²) in [5, 5.41) is 2.66. The molecule has 6 heteroatoms. The van der Waals surface area contributed by atoms with Crippen LogP contribution in [0.25, 0.3) is 0 Å². The van der Waals surface area contributed by atoms with Gasteiger partial charge in [0.05, 0.1) is 6.10 Å². The van der Waals surface area contributed by atoms with Gasteiger partial charge < -0.3 is 15.0 Å². The zero-order chi connectivity index (χ0) is 19.0. The van der Waals surface area contributed by atoms with Crippen LogP contribution in [0.3, 0.4) is 0 Å². The van der Waals surface area contributed by atoms with Crippen LogP contribution in [-0.2, 0) is 16.1 Å². The van der Waals surface area contributed by atoms with Gasteiger partial charge in [0.2, 0.25) is 5.91 Å². The largest absolute Gasteiger partial charge is 0.380 e. The minimum absolute atomic E-state index is 0.00871. The molecule has 0 saturated carbocycles. The minimum Gasteiger partial charge on any atom is -0.380 e. The first-order valence-electron chi connectivity index (χ1n) is 8.40. The predicted octanol–water partition coefficient (Wildman–Crippen LogP) is 3.48. The Bertz CT molecular complexity index is 603. The average Bonchev–Trinajstić information content (AvgIpc) is 2.52. The van der Waals surface area contributed by atoms with E-state index in [0.29, 0.717) is 18.0 Å². The van der Waals surface area contributed by atoms with E-state index in [1.165, 1.54) is 12.1 Å². The normalized spacial score (nSPS) is 13.0. The number of rotatable bonds is 9. The van der Waals surface area contributed by atoms with Crippen molar-refractivity contribution in [3.63, 3.8) is 0 Å². The maximum Gasteiger partial charge on any atom is 0.248 e. The van der Waals surface area contributed by atoms with Gasteiger partial charge in [-0.15, -0.1) is 0 Å². The average molecular weight is 354 g/mol. The van der Waals surface area contributed by atoms with Crippen LogP contribution in [0.15, 0.2) is 30.0 Å². The van der Waals surface area contributed by atoms with E-state index in [0.717, 1.165) is 12.6 Å². The Balaban J connectivity index is 2.71. The van der Waals surface area contributed by atoms with Crippen LogP contribution in [-0.4, -0.2) is 37.1 Å². The molecule has 0 spiro atoms. The van der Waals surface area contributed by atoms with Gasteiger partial charge in [0.1, 0.15) is 11.6 Å². The second kappa shape index (κ2) is 10.1. The fourth-order valence-electron chi connectivity index (χ4n) is 2.37. The number of hydrogen-bond acceptors (Lipinski definition) is 3. The number of carbonyl (C=O) groups is 1. The number of halogens is 2. The first kappa shape index (κ1) is 21.1. The van der Waals surface area contributed by atoms with E-state index in [1.807, 2.05) is 11.8 Å². The maximum atomic E-state index is 13.6. The second-order valence-corrected chi connectivity index (χ2v) is 6.62. The Kier molecular flexibility index (Phi) is 8.55. The van der Waals surface area contributed by atoms with Crippen molar-refractivity contribution in [3.8, 4) is 0 Å². The first-order valence-corrected chi connectivity index (χ1v) is 8.40. The molecule has 0 heterocycles. The molecule has 4 nitrogen and oxygen atoms in total. The number of nitrogens with one attached hydrogen (secondary N) is 1. The van der Waals surface area contributed by atoms with Gasteiger partial charge in [-0.3, -0.25) is 4.79 Å². The SMILES string of the molecule is COC(C)CN(/C=C(\C)C(=O)NCc1ccc(F)cc1F)CC(C)C. The Morgan fingerprint density at radius 3 is 2.52 bits per heavy atom. The lowest BCUT2D eigenvalue weighted by molar-refractivity contribution is -0.117. The summed E-state index contributed by atoms with van der Waals surface area (Å²) in [6.45, 7) is 9.36. The smallest absolute Gasteiger partial charge is 0.248 e. The third kappa shape index (κ3) is 7.65. The van der Waals surface area contributed by atoms with E-state index in [2.05, 4.69) is 19.2 Å². The van der Waals surface area contributed by atoms with Gasteiger partial charge in [0, 0.05) is 50.1 Å². The standard InChI is InChI=1S/C19H28F2N2O2/c1-13(2)10-23(12-15(4)25-5)11-14(3)19(24)22-9-16-6-7-17(20)8-18(16)21/h6-8,11,13,15H,9-10,12H2,1-5H3,(H,22,24)/b14-11+. The van der Waals surface area contributed by atoms with Crippen molar-refractivity contribution in [3.05, 3.63) is 47.2 Å². The fraction of sp³-hybridized carbons (Fsp3) is 0.526. The van der Waals surface area contributed by atoms with E-state index in [1.54, 1.807) is 20.2 Å². The molecule has 25 heavy (non-hydrogen) atoms. The van der Waals surface area contributed by atoms with Crippen molar-refractivity contribution in [1.82, 2.24) is 10.2 Å². The van der Waals surface area contributed by atoms with Crippen molar-refractivity contribution in [2.75, 3.05) is 20.2 Å². The molecule has 0 aliphatic rings. The Hall–Kier alpha value is -1.95. The van der Waals surface area contributed by atoms with Crippen LogP contribution >= 0.6 is 0 Å². The molecule has 1 rings (SSSR count). The minimum atomic E-state index is -0.669. The Morgan fingerprint density at radius 2 is 1.96 bits per heavy atom. The molecule has 0 saturated heterocycles. The van der Waals surface area contributed by atoms with Crippen molar-refractivity contribution in [2.24, 2.45) is 5.92 Å². The van der Waals surface area contributed by atoms with Crippen molar-refractivity contribution in [2.45, 2.75) is 40.3 Å². The highest BCUT2D eigenvalue weighted by atomic mass is 19.1. The molecule has 1 amide bonds. The number of benzene rings is 1. The fourth-order valence-corrected chi connectivity index (χ4v) is 2.37. The molecular formula is C19H28F2N2O2. The van der Waals surface area contributed by atoms with Crippen LogP contribution in [0.2, 0.25) is 0 Å². The zero-order valence-corrected chi connectivity index (χ0v) is 15.6. The summed E-state index contributed by atoms with van der Waals surface area (Å²) >= 11 is 0. The highest BCUT2D eigenvalue weighted by Crippen LogP contribution is 2.10.